The quantitative estimate of drug-likeness (QED) is 0.505. The van der Waals surface area contributed by atoms with E-state index in [1.54, 1.807) is 24.5 Å². The standard InChI is InChI=1S/C26H29N3O3/c1-3-31-24-10-7-22(8-11-24)29(2)23-9-12-25-20(17-23)5-4-6-21(25)18-28-32-26(30)19-13-15-27-16-14-19/h7-17,21,28H,3-6,18H2,1-2H3/t21-/m0/s1. The number of ether oxygens (including phenoxy) is 1. The molecule has 0 bridgehead atoms. The van der Waals surface area contributed by atoms with Crippen LogP contribution in [0.25, 0.3) is 0 Å². The number of nitrogens with one attached hydrogen (secondary N) is 1. The van der Waals surface area contributed by atoms with E-state index in [0.717, 1.165) is 36.4 Å². The minimum Gasteiger partial charge on any atom is -0.494 e. The van der Waals surface area contributed by atoms with Crippen molar-refractivity contribution in [3.8, 4) is 5.75 Å². The third-order valence-electron chi connectivity index (χ3n) is 5.90. The first-order valence-electron chi connectivity index (χ1n) is 11.1. The fraction of sp³-hybridized carbons (Fsp3) is 0.308. The van der Waals surface area contributed by atoms with E-state index in [9.17, 15) is 4.79 Å². The molecule has 6 nitrogen and oxygen atoms in total. The molecule has 1 heterocycles. The first kappa shape index (κ1) is 21.8. The summed E-state index contributed by atoms with van der Waals surface area (Å²) >= 11 is 0. The molecule has 6 heteroatoms. The van der Waals surface area contributed by atoms with Crippen LogP contribution in [0.15, 0.2) is 67.0 Å². The number of pyridine rings is 1. The topological polar surface area (TPSA) is 63.7 Å². The maximum absolute atomic E-state index is 12.1. The number of aryl methyl sites for hydroxylation is 1. The summed E-state index contributed by atoms with van der Waals surface area (Å²) in [6.07, 6.45) is 6.41. The zero-order valence-corrected chi connectivity index (χ0v) is 18.6. The van der Waals surface area contributed by atoms with Gasteiger partial charge in [0.15, 0.2) is 0 Å². The molecule has 32 heavy (non-hydrogen) atoms. The van der Waals surface area contributed by atoms with Crippen LogP contribution in [0.3, 0.4) is 0 Å². The molecule has 1 atom stereocenters. The molecule has 2 aromatic carbocycles. The molecule has 0 unspecified atom stereocenters. The van der Waals surface area contributed by atoms with Crippen molar-refractivity contribution in [2.24, 2.45) is 0 Å². The van der Waals surface area contributed by atoms with E-state index in [1.807, 2.05) is 19.1 Å². The second-order valence-corrected chi connectivity index (χ2v) is 7.93. The Balaban J connectivity index is 1.40. The van der Waals surface area contributed by atoms with Gasteiger partial charge in [-0.2, -0.15) is 5.48 Å². The number of hydroxylamine groups is 1. The summed E-state index contributed by atoms with van der Waals surface area (Å²) in [6, 6.07) is 18.1. The number of carbonyl (C=O) groups is 1. The average Bonchev–Trinajstić information content (AvgIpc) is 2.84. The summed E-state index contributed by atoms with van der Waals surface area (Å²) in [7, 11) is 2.08. The lowest BCUT2D eigenvalue weighted by atomic mass is 9.82. The van der Waals surface area contributed by atoms with E-state index in [-0.39, 0.29) is 0 Å². The third kappa shape index (κ3) is 5.08. The van der Waals surface area contributed by atoms with Gasteiger partial charge in [-0.25, -0.2) is 4.79 Å². The molecule has 1 N–H and O–H groups in total. The van der Waals surface area contributed by atoms with Crippen molar-refractivity contribution in [2.75, 3.05) is 25.1 Å². The number of nitrogens with zero attached hydrogens (tertiary/aromatic N) is 2. The van der Waals surface area contributed by atoms with Gasteiger partial charge in [-0.3, -0.25) is 4.98 Å². The van der Waals surface area contributed by atoms with Crippen LogP contribution < -0.4 is 15.1 Å². The van der Waals surface area contributed by atoms with Crippen LogP contribution in [-0.2, 0) is 11.3 Å². The van der Waals surface area contributed by atoms with Crippen molar-refractivity contribution < 1.29 is 14.4 Å². The molecule has 1 aliphatic carbocycles. The predicted octanol–water partition coefficient (Wildman–Crippen LogP) is 5.03. The van der Waals surface area contributed by atoms with Crippen LogP contribution >= 0.6 is 0 Å². The smallest absolute Gasteiger partial charge is 0.356 e. The zero-order chi connectivity index (χ0) is 22.3. The van der Waals surface area contributed by atoms with Crippen LogP contribution in [0, 0.1) is 0 Å². The minimum absolute atomic E-state index is 0.314. The number of hydrogen-bond donors (Lipinski definition) is 1. The minimum atomic E-state index is -0.393. The Hall–Kier alpha value is -3.38. The Morgan fingerprint density at radius 3 is 2.59 bits per heavy atom. The van der Waals surface area contributed by atoms with E-state index in [2.05, 4.69) is 52.7 Å². The fourth-order valence-electron chi connectivity index (χ4n) is 4.16. The van der Waals surface area contributed by atoms with Crippen molar-refractivity contribution in [1.29, 1.82) is 0 Å². The van der Waals surface area contributed by atoms with Gasteiger partial charge in [-0.1, -0.05) is 6.07 Å². The molecule has 0 radical (unpaired) electrons. The van der Waals surface area contributed by atoms with E-state index in [1.165, 1.54) is 11.1 Å². The van der Waals surface area contributed by atoms with Gasteiger partial charge in [0.05, 0.1) is 12.2 Å². The van der Waals surface area contributed by atoms with Crippen LogP contribution in [0.4, 0.5) is 11.4 Å². The highest BCUT2D eigenvalue weighted by Crippen LogP contribution is 2.35. The number of benzene rings is 2. The molecule has 0 fully saturated rings. The molecule has 1 aliphatic rings. The fourth-order valence-corrected chi connectivity index (χ4v) is 4.16. The first-order valence-corrected chi connectivity index (χ1v) is 11.1. The monoisotopic (exact) mass is 431 g/mol. The van der Waals surface area contributed by atoms with Gasteiger partial charge in [0, 0.05) is 37.4 Å². The Bertz CT molecular complexity index is 1040. The number of fused-ring (bicyclic) bond motifs is 1. The summed E-state index contributed by atoms with van der Waals surface area (Å²) in [6.45, 7) is 3.25. The molecule has 0 aliphatic heterocycles. The van der Waals surface area contributed by atoms with Crippen molar-refractivity contribution >= 4 is 17.3 Å². The van der Waals surface area contributed by atoms with Crippen molar-refractivity contribution in [3.63, 3.8) is 0 Å². The van der Waals surface area contributed by atoms with E-state index in [4.69, 9.17) is 9.57 Å². The number of aromatic nitrogens is 1. The lowest BCUT2D eigenvalue weighted by molar-refractivity contribution is 0.0238. The van der Waals surface area contributed by atoms with Gasteiger partial charge < -0.3 is 14.5 Å². The summed E-state index contributed by atoms with van der Waals surface area (Å²) in [4.78, 5) is 23.5. The second-order valence-electron chi connectivity index (χ2n) is 7.93. The van der Waals surface area contributed by atoms with E-state index in [0.29, 0.717) is 24.6 Å². The van der Waals surface area contributed by atoms with Crippen LogP contribution in [0.1, 0.15) is 47.2 Å². The van der Waals surface area contributed by atoms with Gasteiger partial charge in [-0.15, -0.1) is 0 Å². The first-order chi connectivity index (χ1) is 15.7. The van der Waals surface area contributed by atoms with Crippen molar-refractivity contribution in [1.82, 2.24) is 10.5 Å². The van der Waals surface area contributed by atoms with Crippen LogP contribution in [0.2, 0.25) is 0 Å². The van der Waals surface area contributed by atoms with Gasteiger partial charge in [0.1, 0.15) is 5.75 Å². The maximum atomic E-state index is 12.1. The summed E-state index contributed by atoms with van der Waals surface area (Å²) in [5.41, 5.74) is 8.33. The lowest BCUT2D eigenvalue weighted by Crippen LogP contribution is -2.27. The molecule has 0 amide bonds. The Kier molecular flexibility index (Phi) is 7.02. The predicted molar refractivity (Wildman–Crippen MR) is 125 cm³/mol. The summed E-state index contributed by atoms with van der Waals surface area (Å²) < 4.78 is 5.55. The highest BCUT2D eigenvalue weighted by atomic mass is 16.7. The van der Waals surface area contributed by atoms with E-state index >= 15 is 0 Å². The molecule has 3 aromatic rings. The molecule has 0 saturated heterocycles. The average molecular weight is 432 g/mol. The van der Waals surface area contributed by atoms with Gasteiger partial charge in [-0.05, 0) is 91.8 Å². The molecular weight excluding hydrogens is 402 g/mol. The highest BCUT2D eigenvalue weighted by Gasteiger charge is 2.21. The molecular formula is C26H29N3O3. The molecule has 0 saturated carbocycles. The Morgan fingerprint density at radius 1 is 1.09 bits per heavy atom. The second kappa shape index (κ2) is 10.3. The van der Waals surface area contributed by atoms with Gasteiger partial charge in [0.25, 0.3) is 0 Å². The molecule has 166 valence electrons. The Labute approximate surface area is 189 Å². The number of hydrogen-bond acceptors (Lipinski definition) is 6. The molecule has 0 spiro atoms. The normalized spacial score (nSPS) is 15.0. The third-order valence-corrected chi connectivity index (χ3v) is 5.90. The van der Waals surface area contributed by atoms with Crippen LogP contribution in [-0.4, -0.2) is 31.2 Å². The van der Waals surface area contributed by atoms with Gasteiger partial charge in [0.2, 0.25) is 0 Å². The van der Waals surface area contributed by atoms with Gasteiger partial charge >= 0.3 is 5.97 Å². The molecule has 1 aromatic heterocycles. The summed E-state index contributed by atoms with van der Waals surface area (Å²) in [5, 5.41) is 0. The van der Waals surface area contributed by atoms with Crippen LogP contribution in [0.5, 0.6) is 5.75 Å². The highest BCUT2D eigenvalue weighted by molar-refractivity contribution is 5.88. The number of anilines is 2. The van der Waals surface area contributed by atoms with Crippen molar-refractivity contribution in [2.45, 2.75) is 32.1 Å². The SMILES string of the molecule is CCOc1ccc(N(C)c2ccc3c(c2)CCC[C@H]3CNOC(=O)c2ccncc2)cc1. The van der Waals surface area contributed by atoms with Crippen molar-refractivity contribution in [3.05, 3.63) is 83.7 Å². The Morgan fingerprint density at radius 2 is 1.84 bits per heavy atom. The largest absolute Gasteiger partial charge is 0.494 e. The number of carbonyl (C=O) groups excluding carboxylic acids is 1. The lowest BCUT2D eigenvalue weighted by Gasteiger charge is -2.28. The maximum Gasteiger partial charge on any atom is 0.356 e. The summed E-state index contributed by atoms with van der Waals surface area (Å²) in [5.74, 6) is 0.805. The zero-order valence-electron chi connectivity index (χ0n) is 18.6. The molecule has 4 rings (SSSR count). The number of rotatable bonds is 8. The van der Waals surface area contributed by atoms with E-state index < -0.39 is 5.97 Å².